The highest BCUT2D eigenvalue weighted by Crippen LogP contribution is 2.28. The number of nitrogens with zero attached hydrogens (tertiary/aromatic N) is 3. The molecule has 0 spiro atoms. The van der Waals surface area contributed by atoms with Crippen LogP contribution in [0.5, 0.6) is 0 Å². The van der Waals surface area contributed by atoms with Gasteiger partial charge in [0.25, 0.3) is 0 Å². The Kier molecular flexibility index (Phi) is 3.66. The predicted octanol–water partition coefficient (Wildman–Crippen LogP) is 2.72. The van der Waals surface area contributed by atoms with Crippen molar-refractivity contribution in [3.8, 4) is 10.6 Å². The van der Waals surface area contributed by atoms with Gasteiger partial charge in [-0.25, -0.2) is 4.39 Å². The first kappa shape index (κ1) is 12.6. The number of aromatic nitrogens is 2. The minimum Gasteiger partial charge on any atom is -0.290 e. The van der Waals surface area contributed by atoms with Gasteiger partial charge in [0.05, 0.1) is 0 Å². The van der Waals surface area contributed by atoms with Crippen molar-refractivity contribution in [3.63, 3.8) is 0 Å². The Balaban J connectivity index is 2.25. The monoisotopic (exact) mass is 265 g/mol. The molecule has 1 aromatic carbocycles. The van der Waals surface area contributed by atoms with Crippen LogP contribution in [0.15, 0.2) is 24.3 Å². The summed E-state index contributed by atoms with van der Waals surface area (Å²) in [6.45, 7) is 1.79. The number of hydrogen-bond donors (Lipinski definition) is 0. The fraction of sp³-hybridized carbons (Fsp3) is 0.250. The molecule has 0 unspecified atom stereocenters. The Hall–Kier alpha value is -1.82. The molecule has 1 heterocycles. The van der Waals surface area contributed by atoms with Crippen molar-refractivity contribution in [1.82, 2.24) is 10.2 Å². The van der Waals surface area contributed by atoms with E-state index in [2.05, 4.69) is 10.2 Å². The van der Waals surface area contributed by atoms with Gasteiger partial charge in [0.1, 0.15) is 10.8 Å². The van der Waals surface area contributed by atoms with Crippen LogP contribution in [-0.2, 0) is 4.79 Å². The number of carbonyl (C=O) groups is 1. The molecule has 4 nitrogen and oxygen atoms in total. The first-order chi connectivity index (χ1) is 8.61. The van der Waals surface area contributed by atoms with E-state index >= 15 is 0 Å². The average molecular weight is 265 g/mol. The Morgan fingerprint density at radius 2 is 2.00 bits per heavy atom. The van der Waals surface area contributed by atoms with E-state index in [-0.39, 0.29) is 11.7 Å². The van der Waals surface area contributed by atoms with Gasteiger partial charge in [-0.3, -0.25) is 9.69 Å². The maximum Gasteiger partial charge on any atom is 0.228 e. The molecule has 0 atom stereocenters. The van der Waals surface area contributed by atoms with Gasteiger partial charge in [-0.1, -0.05) is 18.3 Å². The molecule has 0 bridgehead atoms. The molecule has 1 aromatic heterocycles. The first-order valence-corrected chi connectivity index (χ1v) is 6.29. The molecule has 2 rings (SSSR count). The van der Waals surface area contributed by atoms with Crippen LogP contribution in [0.25, 0.3) is 10.6 Å². The van der Waals surface area contributed by atoms with Crippen LogP contribution in [0.3, 0.4) is 0 Å². The molecule has 0 saturated carbocycles. The van der Waals surface area contributed by atoms with E-state index in [0.717, 1.165) is 5.56 Å². The second kappa shape index (κ2) is 5.22. The summed E-state index contributed by atoms with van der Waals surface area (Å²) < 4.78 is 12.8. The van der Waals surface area contributed by atoms with Crippen molar-refractivity contribution >= 4 is 22.4 Å². The van der Waals surface area contributed by atoms with Crippen LogP contribution in [-0.4, -0.2) is 23.2 Å². The smallest absolute Gasteiger partial charge is 0.228 e. The number of benzene rings is 1. The molecule has 6 heteroatoms. The molecule has 0 fully saturated rings. The van der Waals surface area contributed by atoms with Gasteiger partial charge in [0.2, 0.25) is 11.0 Å². The van der Waals surface area contributed by atoms with E-state index in [0.29, 0.717) is 16.6 Å². The van der Waals surface area contributed by atoms with Gasteiger partial charge in [0, 0.05) is 19.0 Å². The largest absolute Gasteiger partial charge is 0.290 e. The number of hydrogen-bond acceptors (Lipinski definition) is 4. The molecule has 94 valence electrons. The van der Waals surface area contributed by atoms with E-state index in [9.17, 15) is 9.18 Å². The van der Waals surface area contributed by atoms with E-state index < -0.39 is 0 Å². The summed E-state index contributed by atoms with van der Waals surface area (Å²) in [7, 11) is 1.67. The zero-order chi connectivity index (χ0) is 13.1. The summed E-state index contributed by atoms with van der Waals surface area (Å²) in [5, 5.41) is 9.18. The second-order valence-electron chi connectivity index (χ2n) is 3.70. The average Bonchev–Trinajstić information content (AvgIpc) is 2.87. The number of carbonyl (C=O) groups excluding carboxylic acids is 1. The van der Waals surface area contributed by atoms with Crippen molar-refractivity contribution in [3.05, 3.63) is 30.1 Å². The molecule has 0 saturated heterocycles. The highest BCUT2D eigenvalue weighted by atomic mass is 32.1. The third-order valence-electron chi connectivity index (χ3n) is 2.47. The lowest BCUT2D eigenvalue weighted by molar-refractivity contribution is -0.118. The fourth-order valence-electron chi connectivity index (χ4n) is 1.40. The zero-order valence-corrected chi connectivity index (χ0v) is 10.9. The topological polar surface area (TPSA) is 46.1 Å². The van der Waals surface area contributed by atoms with E-state index in [4.69, 9.17) is 0 Å². The Morgan fingerprint density at radius 3 is 2.61 bits per heavy atom. The van der Waals surface area contributed by atoms with Crippen molar-refractivity contribution in [1.29, 1.82) is 0 Å². The predicted molar refractivity (Wildman–Crippen MR) is 69.0 cm³/mol. The first-order valence-electron chi connectivity index (χ1n) is 5.48. The summed E-state index contributed by atoms with van der Waals surface area (Å²) in [6.07, 6.45) is 0.419. The molecule has 1 amide bonds. The van der Waals surface area contributed by atoms with E-state index in [1.54, 1.807) is 26.1 Å². The summed E-state index contributed by atoms with van der Waals surface area (Å²) in [5.41, 5.74) is 0.789. The quantitative estimate of drug-likeness (QED) is 0.857. The number of halogens is 1. The number of rotatable bonds is 3. The van der Waals surface area contributed by atoms with Gasteiger partial charge in [-0.2, -0.15) is 0 Å². The fourth-order valence-corrected chi connectivity index (χ4v) is 2.23. The second-order valence-corrected chi connectivity index (χ2v) is 4.66. The van der Waals surface area contributed by atoms with Crippen molar-refractivity contribution in [2.75, 3.05) is 11.9 Å². The SMILES string of the molecule is CCC(=O)N(C)c1nnc(-c2ccc(F)cc2)s1. The highest BCUT2D eigenvalue weighted by molar-refractivity contribution is 7.18. The maximum absolute atomic E-state index is 12.8. The third-order valence-corrected chi connectivity index (χ3v) is 3.52. The molecule has 0 radical (unpaired) electrons. The third kappa shape index (κ3) is 2.53. The normalized spacial score (nSPS) is 10.4. The standard InChI is InChI=1S/C12H12FN3OS/c1-3-10(17)16(2)12-15-14-11(18-12)8-4-6-9(13)7-5-8/h4-7H,3H2,1-2H3. The number of anilines is 1. The molecular formula is C12H12FN3OS. The summed E-state index contributed by atoms with van der Waals surface area (Å²) in [4.78, 5) is 13.0. The minimum absolute atomic E-state index is 0.0168. The summed E-state index contributed by atoms with van der Waals surface area (Å²) >= 11 is 1.30. The molecular weight excluding hydrogens is 253 g/mol. The molecule has 0 aliphatic rings. The lowest BCUT2D eigenvalue weighted by atomic mass is 10.2. The lowest BCUT2D eigenvalue weighted by Gasteiger charge is -2.10. The van der Waals surface area contributed by atoms with Gasteiger partial charge in [0.15, 0.2) is 0 Å². The van der Waals surface area contributed by atoms with Crippen molar-refractivity contribution in [2.45, 2.75) is 13.3 Å². The van der Waals surface area contributed by atoms with Crippen molar-refractivity contribution in [2.24, 2.45) is 0 Å². The van der Waals surface area contributed by atoms with Crippen LogP contribution in [0.2, 0.25) is 0 Å². The Bertz CT molecular complexity index is 553. The lowest BCUT2D eigenvalue weighted by Crippen LogP contribution is -2.24. The van der Waals surface area contributed by atoms with Crippen LogP contribution in [0.1, 0.15) is 13.3 Å². The minimum atomic E-state index is -0.290. The Morgan fingerprint density at radius 1 is 1.33 bits per heavy atom. The number of amides is 1. The van der Waals surface area contributed by atoms with Crippen LogP contribution in [0.4, 0.5) is 9.52 Å². The zero-order valence-electron chi connectivity index (χ0n) is 10.1. The van der Waals surface area contributed by atoms with Crippen LogP contribution in [0, 0.1) is 5.82 Å². The molecule has 0 N–H and O–H groups in total. The molecule has 0 aliphatic heterocycles. The van der Waals surface area contributed by atoms with Gasteiger partial charge in [-0.15, -0.1) is 10.2 Å². The van der Waals surface area contributed by atoms with Gasteiger partial charge in [-0.05, 0) is 24.3 Å². The van der Waals surface area contributed by atoms with Gasteiger partial charge < -0.3 is 0 Å². The summed E-state index contributed by atoms with van der Waals surface area (Å²) in [5.74, 6) is -0.307. The van der Waals surface area contributed by atoms with Crippen molar-refractivity contribution < 1.29 is 9.18 Å². The van der Waals surface area contributed by atoms with Crippen LogP contribution >= 0.6 is 11.3 Å². The van der Waals surface area contributed by atoms with Gasteiger partial charge >= 0.3 is 0 Å². The molecule has 0 aliphatic carbocycles. The van der Waals surface area contributed by atoms with E-state index in [1.165, 1.54) is 28.4 Å². The molecule has 18 heavy (non-hydrogen) atoms. The Labute approximate surface area is 108 Å². The highest BCUT2D eigenvalue weighted by Gasteiger charge is 2.14. The van der Waals surface area contributed by atoms with Crippen LogP contribution < -0.4 is 4.90 Å². The maximum atomic E-state index is 12.8. The summed E-state index contributed by atoms with van der Waals surface area (Å²) in [6, 6.07) is 6.02. The molecule has 2 aromatic rings. The van der Waals surface area contributed by atoms with E-state index in [1.807, 2.05) is 0 Å².